The molecule has 0 aromatic heterocycles. The summed E-state index contributed by atoms with van der Waals surface area (Å²) in [7, 11) is 1.52. The summed E-state index contributed by atoms with van der Waals surface area (Å²) in [6.07, 6.45) is 7.91. The minimum atomic E-state index is -1.27. The quantitative estimate of drug-likeness (QED) is 0.577. The molecule has 0 amide bonds. The molecular weight excluding hydrogens is 272 g/mol. The zero-order chi connectivity index (χ0) is 16.0. The van der Waals surface area contributed by atoms with Gasteiger partial charge in [-0.05, 0) is 26.3 Å². The normalized spacial score (nSPS) is 24.1. The molecule has 0 saturated carbocycles. The smallest absolute Gasteiger partial charge is 0.342 e. The molecule has 1 rings (SSSR count). The van der Waals surface area contributed by atoms with Crippen molar-refractivity contribution in [2.75, 3.05) is 7.11 Å². The van der Waals surface area contributed by atoms with Crippen LogP contribution in [0.5, 0.6) is 0 Å². The van der Waals surface area contributed by atoms with E-state index < -0.39 is 17.4 Å². The summed E-state index contributed by atoms with van der Waals surface area (Å²) in [6.45, 7) is 5.35. The number of carbonyl (C=O) groups excluding carboxylic acids is 1. The number of ether oxygens (including phenoxy) is 2. The third kappa shape index (κ3) is 4.04. The van der Waals surface area contributed by atoms with E-state index in [0.29, 0.717) is 0 Å². The Kier molecular flexibility index (Phi) is 5.90. The van der Waals surface area contributed by atoms with Crippen LogP contribution in [0.15, 0.2) is 35.6 Å². The van der Waals surface area contributed by atoms with E-state index >= 15 is 0 Å². The molecule has 0 aromatic carbocycles. The van der Waals surface area contributed by atoms with Crippen molar-refractivity contribution in [2.45, 2.75) is 45.3 Å². The van der Waals surface area contributed by atoms with Crippen molar-refractivity contribution < 1.29 is 24.2 Å². The van der Waals surface area contributed by atoms with Crippen molar-refractivity contribution in [3.8, 4) is 0 Å². The van der Waals surface area contributed by atoms with Gasteiger partial charge in [0.1, 0.15) is 11.3 Å². The second kappa shape index (κ2) is 7.22. The zero-order valence-corrected chi connectivity index (χ0v) is 12.9. The molecular formula is C16H22O5. The number of hydrogen-bond acceptors (Lipinski definition) is 4. The third-order valence-electron chi connectivity index (χ3n) is 3.28. The first-order chi connectivity index (χ1) is 9.85. The minimum Gasteiger partial charge on any atom is -0.478 e. The summed E-state index contributed by atoms with van der Waals surface area (Å²) in [6, 6.07) is 0. The molecule has 0 spiro atoms. The monoisotopic (exact) mass is 294 g/mol. The van der Waals surface area contributed by atoms with Crippen molar-refractivity contribution >= 4 is 11.8 Å². The van der Waals surface area contributed by atoms with Gasteiger partial charge >= 0.3 is 5.97 Å². The summed E-state index contributed by atoms with van der Waals surface area (Å²) in [5, 5.41) is 9.24. The van der Waals surface area contributed by atoms with Gasteiger partial charge in [-0.15, -0.1) is 0 Å². The Morgan fingerprint density at radius 2 is 2.14 bits per heavy atom. The lowest BCUT2D eigenvalue weighted by atomic mass is 9.96. The molecule has 5 heteroatoms. The van der Waals surface area contributed by atoms with E-state index in [9.17, 15) is 14.7 Å². The molecule has 0 fully saturated rings. The van der Waals surface area contributed by atoms with Gasteiger partial charge in [-0.1, -0.05) is 25.2 Å². The van der Waals surface area contributed by atoms with E-state index in [2.05, 4.69) is 0 Å². The maximum Gasteiger partial charge on any atom is 0.342 e. The van der Waals surface area contributed by atoms with Crippen LogP contribution in [-0.2, 0) is 19.1 Å². The summed E-state index contributed by atoms with van der Waals surface area (Å²) in [5.41, 5.74) is -1.56. The highest BCUT2D eigenvalue weighted by molar-refractivity contribution is 6.22. The minimum absolute atomic E-state index is 0.175. The number of ketones is 1. The summed E-state index contributed by atoms with van der Waals surface area (Å²) in [4.78, 5) is 23.7. The number of carboxylic acids is 1. The van der Waals surface area contributed by atoms with E-state index in [1.165, 1.54) is 7.11 Å². The Morgan fingerprint density at radius 1 is 1.48 bits per heavy atom. The van der Waals surface area contributed by atoms with Crippen molar-refractivity contribution in [2.24, 2.45) is 0 Å². The average molecular weight is 294 g/mol. The van der Waals surface area contributed by atoms with Gasteiger partial charge in [0.2, 0.25) is 5.78 Å². The number of carbonyl (C=O) groups is 2. The van der Waals surface area contributed by atoms with E-state index in [0.717, 1.165) is 6.42 Å². The standard InChI is InChI=1S/C16H22O5/c1-5-6-7-8-9-16(3)14(17)13(15(18)19)12(21-16)10-11(2)20-4/h6-9,11H,5,10H2,1-4H3,(H,18,19)/b7-6+,9-8+. The lowest BCUT2D eigenvalue weighted by Gasteiger charge is -2.20. The Balaban J connectivity index is 3.02. The SMILES string of the molecule is CC/C=C/C=C/C1(C)OC(CC(C)OC)=C(C(=O)O)C1=O. The summed E-state index contributed by atoms with van der Waals surface area (Å²) in [5.74, 6) is -1.62. The lowest BCUT2D eigenvalue weighted by Crippen LogP contribution is -2.32. The number of rotatable bonds is 7. The van der Waals surface area contributed by atoms with Crippen molar-refractivity contribution in [1.29, 1.82) is 0 Å². The first-order valence-electron chi connectivity index (χ1n) is 6.93. The van der Waals surface area contributed by atoms with Gasteiger partial charge in [-0.3, -0.25) is 4.79 Å². The second-order valence-corrected chi connectivity index (χ2v) is 5.09. The molecule has 0 radical (unpaired) electrons. The predicted octanol–water partition coefficient (Wildman–Crippen LogP) is 2.63. The highest BCUT2D eigenvalue weighted by Gasteiger charge is 2.46. The molecule has 1 N–H and O–H groups in total. The van der Waals surface area contributed by atoms with Crippen molar-refractivity contribution in [1.82, 2.24) is 0 Å². The fourth-order valence-corrected chi connectivity index (χ4v) is 2.00. The van der Waals surface area contributed by atoms with E-state index in [4.69, 9.17) is 9.47 Å². The molecule has 1 heterocycles. The van der Waals surface area contributed by atoms with Gasteiger partial charge in [0.05, 0.1) is 6.10 Å². The topological polar surface area (TPSA) is 72.8 Å². The number of Topliss-reactive ketones (excluding diaryl/α,β-unsaturated/α-hetero) is 1. The van der Waals surface area contributed by atoms with Crippen molar-refractivity contribution in [3.63, 3.8) is 0 Å². The van der Waals surface area contributed by atoms with Crippen LogP contribution in [0.3, 0.4) is 0 Å². The van der Waals surface area contributed by atoms with Crippen LogP contribution in [0.25, 0.3) is 0 Å². The molecule has 0 aliphatic carbocycles. The molecule has 0 bridgehead atoms. The maximum absolute atomic E-state index is 12.3. The largest absolute Gasteiger partial charge is 0.478 e. The van der Waals surface area contributed by atoms with Crippen LogP contribution in [0, 0.1) is 0 Å². The number of methoxy groups -OCH3 is 1. The van der Waals surface area contributed by atoms with E-state index in [-0.39, 0.29) is 23.9 Å². The molecule has 5 nitrogen and oxygen atoms in total. The van der Waals surface area contributed by atoms with E-state index in [1.54, 1.807) is 32.1 Å². The van der Waals surface area contributed by atoms with Crippen LogP contribution in [0.4, 0.5) is 0 Å². The first-order valence-corrected chi connectivity index (χ1v) is 6.93. The Morgan fingerprint density at radius 3 is 2.67 bits per heavy atom. The number of carboxylic acid groups (broad SMARTS) is 1. The molecule has 116 valence electrons. The van der Waals surface area contributed by atoms with Gasteiger partial charge < -0.3 is 14.6 Å². The molecule has 2 unspecified atom stereocenters. The molecule has 0 aromatic rings. The van der Waals surface area contributed by atoms with Gasteiger partial charge in [0.15, 0.2) is 5.60 Å². The van der Waals surface area contributed by atoms with Crippen LogP contribution in [-0.4, -0.2) is 35.7 Å². The second-order valence-electron chi connectivity index (χ2n) is 5.09. The number of allylic oxidation sites excluding steroid dienone is 3. The summed E-state index contributed by atoms with van der Waals surface area (Å²) >= 11 is 0. The number of hydrogen-bond donors (Lipinski definition) is 1. The van der Waals surface area contributed by atoms with Gasteiger partial charge in [-0.25, -0.2) is 4.79 Å². The fraction of sp³-hybridized carbons (Fsp3) is 0.500. The molecule has 1 aliphatic rings. The zero-order valence-electron chi connectivity index (χ0n) is 12.9. The Labute approximate surface area is 124 Å². The third-order valence-corrected chi connectivity index (χ3v) is 3.28. The molecule has 1 aliphatic heterocycles. The number of aliphatic carboxylic acids is 1. The van der Waals surface area contributed by atoms with Crippen LogP contribution in [0.1, 0.15) is 33.6 Å². The average Bonchev–Trinajstić information content (AvgIpc) is 2.66. The highest BCUT2D eigenvalue weighted by atomic mass is 16.5. The molecule has 0 saturated heterocycles. The van der Waals surface area contributed by atoms with Crippen LogP contribution < -0.4 is 0 Å². The highest BCUT2D eigenvalue weighted by Crippen LogP contribution is 2.34. The molecule has 21 heavy (non-hydrogen) atoms. The summed E-state index contributed by atoms with van der Waals surface area (Å²) < 4.78 is 10.7. The first kappa shape index (κ1) is 17.2. The van der Waals surface area contributed by atoms with Gasteiger partial charge in [-0.2, -0.15) is 0 Å². The predicted molar refractivity (Wildman–Crippen MR) is 78.8 cm³/mol. The van der Waals surface area contributed by atoms with Crippen molar-refractivity contribution in [3.05, 3.63) is 35.6 Å². The Hall–Kier alpha value is -1.88. The van der Waals surface area contributed by atoms with Crippen LogP contribution in [0.2, 0.25) is 0 Å². The maximum atomic E-state index is 12.3. The fourth-order valence-electron chi connectivity index (χ4n) is 2.00. The molecule has 2 atom stereocenters. The van der Waals surface area contributed by atoms with Gasteiger partial charge in [0.25, 0.3) is 0 Å². The van der Waals surface area contributed by atoms with E-state index in [1.807, 2.05) is 13.0 Å². The van der Waals surface area contributed by atoms with Gasteiger partial charge in [0, 0.05) is 13.5 Å². The Bertz CT molecular complexity index is 501. The van der Waals surface area contributed by atoms with Crippen LogP contribution >= 0.6 is 0 Å². The lowest BCUT2D eigenvalue weighted by molar-refractivity contribution is -0.135.